The minimum Gasteiger partial charge on any atom is -0.410 e. The average Bonchev–Trinajstić information content (AvgIpc) is 2.08. The quantitative estimate of drug-likeness (QED) is 0.405. The first-order valence-electron chi connectivity index (χ1n) is 3.61. The van der Waals surface area contributed by atoms with E-state index in [0.29, 0.717) is 0 Å². The molecule has 1 aromatic rings. The van der Waals surface area contributed by atoms with E-state index in [1.54, 1.807) is 0 Å². The van der Waals surface area contributed by atoms with Gasteiger partial charge in [0.15, 0.2) is 5.17 Å². The lowest BCUT2D eigenvalue weighted by atomic mass is 10.0. The second-order valence-electron chi connectivity index (χ2n) is 2.64. The summed E-state index contributed by atoms with van der Waals surface area (Å²) in [6.45, 7) is 3.93. The highest BCUT2D eigenvalue weighted by Gasteiger charge is 2.04. The first-order valence-corrected chi connectivity index (χ1v) is 3.98. The van der Waals surface area contributed by atoms with Crippen LogP contribution >= 0.6 is 11.6 Å². The summed E-state index contributed by atoms with van der Waals surface area (Å²) >= 11 is 5.67. The third-order valence-electron chi connectivity index (χ3n) is 1.91. The Morgan fingerprint density at radius 3 is 2.67 bits per heavy atom. The van der Waals surface area contributed by atoms with Crippen LogP contribution in [-0.4, -0.2) is 10.4 Å². The second-order valence-corrected chi connectivity index (χ2v) is 3.00. The molecule has 1 aromatic carbocycles. The van der Waals surface area contributed by atoms with Gasteiger partial charge in [-0.1, -0.05) is 35.0 Å². The Labute approximate surface area is 76.5 Å². The highest BCUT2D eigenvalue weighted by molar-refractivity contribution is 6.69. The summed E-state index contributed by atoms with van der Waals surface area (Å²) in [5.41, 5.74) is 2.95. The smallest absolute Gasteiger partial charge is 0.175 e. The van der Waals surface area contributed by atoms with E-state index >= 15 is 0 Å². The molecule has 0 radical (unpaired) electrons. The Kier molecular flexibility index (Phi) is 2.71. The van der Waals surface area contributed by atoms with Crippen LogP contribution in [0, 0.1) is 13.8 Å². The molecule has 0 aromatic heterocycles. The molecule has 0 atom stereocenters. The monoisotopic (exact) mass is 183 g/mol. The van der Waals surface area contributed by atoms with E-state index in [0.717, 1.165) is 16.7 Å². The first-order chi connectivity index (χ1) is 5.66. The molecule has 0 amide bonds. The van der Waals surface area contributed by atoms with Crippen LogP contribution in [0.2, 0.25) is 0 Å². The van der Waals surface area contributed by atoms with Gasteiger partial charge in [-0.25, -0.2) is 0 Å². The zero-order valence-electron chi connectivity index (χ0n) is 7.00. The summed E-state index contributed by atoms with van der Waals surface area (Å²) in [5, 5.41) is 11.5. The SMILES string of the molecule is Cc1cccc(C(Cl)=NO)c1C. The molecule has 0 saturated heterocycles. The molecule has 3 heteroatoms. The van der Waals surface area contributed by atoms with Gasteiger partial charge in [0.1, 0.15) is 0 Å². The van der Waals surface area contributed by atoms with E-state index < -0.39 is 0 Å². The van der Waals surface area contributed by atoms with E-state index in [9.17, 15) is 0 Å². The van der Waals surface area contributed by atoms with Crippen molar-refractivity contribution in [3.63, 3.8) is 0 Å². The largest absolute Gasteiger partial charge is 0.410 e. The van der Waals surface area contributed by atoms with Crippen molar-refractivity contribution in [2.75, 3.05) is 0 Å². The van der Waals surface area contributed by atoms with Gasteiger partial charge in [-0.15, -0.1) is 0 Å². The van der Waals surface area contributed by atoms with E-state index in [2.05, 4.69) is 5.16 Å². The number of hydrogen-bond donors (Lipinski definition) is 1. The van der Waals surface area contributed by atoms with Crippen LogP contribution in [0.15, 0.2) is 23.4 Å². The van der Waals surface area contributed by atoms with E-state index in [1.807, 2.05) is 32.0 Å². The molecule has 0 saturated carbocycles. The molecule has 1 rings (SSSR count). The lowest BCUT2D eigenvalue weighted by Gasteiger charge is -2.04. The lowest BCUT2D eigenvalue weighted by Crippen LogP contribution is -1.96. The molecule has 0 spiro atoms. The molecule has 12 heavy (non-hydrogen) atoms. The highest BCUT2D eigenvalue weighted by Crippen LogP contribution is 2.15. The number of aryl methyl sites for hydroxylation is 1. The Morgan fingerprint density at radius 2 is 2.08 bits per heavy atom. The fraction of sp³-hybridized carbons (Fsp3) is 0.222. The number of benzene rings is 1. The molecule has 0 aliphatic carbocycles. The summed E-state index contributed by atoms with van der Waals surface area (Å²) < 4.78 is 0. The predicted octanol–water partition coefficient (Wildman–Crippen LogP) is 2.68. The molecule has 0 bridgehead atoms. The summed E-state index contributed by atoms with van der Waals surface area (Å²) in [6, 6.07) is 5.69. The third-order valence-corrected chi connectivity index (χ3v) is 2.19. The van der Waals surface area contributed by atoms with Crippen LogP contribution in [-0.2, 0) is 0 Å². The maximum absolute atomic E-state index is 8.46. The van der Waals surface area contributed by atoms with Crippen LogP contribution in [0.4, 0.5) is 0 Å². The Balaban J connectivity index is 3.26. The normalized spacial score (nSPS) is 11.8. The molecule has 2 nitrogen and oxygen atoms in total. The zero-order valence-corrected chi connectivity index (χ0v) is 7.76. The zero-order chi connectivity index (χ0) is 9.14. The first kappa shape index (κ1) is 9.07. The molecule has 0 unspecified atom stereocenters. The van der Waals surface area contributed by atoms with Crippen LogP contribution < -0.4 is 0 Å². The van der Waals surface area contributed by atoms with Crippen molar-refractivity contribution in [2.24, 2.45) is 5.16 Å². The minimum absolute atomic E-state index is 0.135. The lowest BCUT2D eigenvalue weighted by molar-refractivity contribution is 0.321. The van der Waals surface area contributed by atoms with Gasteiger partial charge in [0, 0.05) is 5.56 Å². The van der Waals surface area contributed by atoms with Crippen molar-refractivity contribution < 1.29 is 5.21 Å². The van der Waals surface area contributed by atoms with Crippen molar-refractivity contribution >= 4 is 16.8 Å². The number of halogens is 1. The summed E-state index contributed by atoms with van der Waals surface area (Å²) in [7, 11) is 0. The molecule has 0 fully saturated rings. The van der Waals surface area contributed by atoms with Crippen molar-refractivity contribution in [2.45, 2.75) is 13.8 Å². The number of oxime groups is 1. The highest BCUT2D eigenvalue weighted by atomic mass is 35.5. The molecule has 64 valence electrons. The van der Waals surface area contributed by atoms with Crippen LogP contribution in [0.25, 0.3) is 0 Å². The van der Waals surface area contributed by atoms with Gasteiger partial charge in [0.25, 0.3) is 0 Å². The van der Waals surface area contributed by atoms with Crippen molar-refractivity contribution in [1.29, 1.82) is 0 Å². The molecule has 0 aliphatic rings. The Morgan fingerprint density at radius 1 is 1.42 bits per heavy atom. The van der Waals surface area contributed by atoms with Gasteiger partial charge >= 0.3 is 0 Å². The van der Waals surface area contributed by atoms with Gasteiger partial charge < -0.3 is 5.21 Å². The van der Waals surface area contributed by atoms with Gasteiger partial charge in [-0.05, 0) is 25.0 Å². The van der Waals surface area contributed by atoms with Crippen LogP contribution in [0.5, 0.6) is 0 Å². The minimum atomic E-state index is 0.135. The fourth-order valence-corrected chi connectivity index (χ4v) is 1.23. The van der Waals surface area contributed by atoms with Crippen LogP contribution in [0.1, 0.15) is 16.7 Å². The van der Waals surface area contributed by atoms with Crippen LogP contribution in [0.3, 0.4) is 0 Å². The number of nitrogens with zero attached hydrogens (tertiary/aromatic N) is 1. The van der Waals surface area contributed by atoms with Gasteiger partial charge in [-0.2, -0.15) is 0 Å². The van der Waals surface area contributed by atoms with Crippen molar-refractivity contribution in [1.82, 2.24) is 0 Å². The standard InChI is InChI=1S/C9H10ClNO/c1-6-4-3-5-8(7(6)2)9(10)11-12/h3-5,12H,1-2H3. The summed E-state index contributed by atoms with van der Waals surface area (Å²) in [5.74, 6) is 0. The topological polar surface area (TPSA) is 32.6 Å². The van der Waals surface area contributed by atoms with E-state index in [-0.39, 0.29) is 5.17 Å². The average molecular weight is 184 g/mol. The fourth-order valence-electron chi connectivity index (χ4n) is 1.03. The molecular formula is C9H10ClNO. The molecule has 1 N–H and O–H groups in total. The Bertz CT molecular complexity index is 320. The second kappa shape index (κ2) is 3.59. The maximum Gasteiger partial charge on any atom is 0.175 e. The van der Waals surface area contributed by atoms with Gasteiger partial charge in [0.2, 0.25) is 0 Å². The molecule has 0 aliphatic heterocycles. The summed E-state index contributed by atoms with van der Waals surface area (Å²) in [6.07, 6.45) is 0. The van der Waals surface area contributed by atoms with Gasteiger partial charge in [-0.3, -0.25) is 0 Å². The molecular weight excluding hydrogens is 174 g/mol. The van der Waals surface area contributed by atoms with E-state index in [4.69, 9.17) is 16.8 Å². The van der Waals surface area contributed by atoms with Gasteiger partial charge in [0.05, 0.1) is 0 Å². The Hall–Kier alpha value is -1.02. The number of hydrogen-bond acceptors (Lipinski definition) is 2. The van der Waals surface area contributed by atoms with Crippen molar-refractivity contribution in [3.05, 3.63) is 34.9 Å². The number of rotatable bonds is 1. The predicted molar refractivity (Wildman–Crippen MR) is 50.1 cm³/mol. The molecule has 0 heterocycles. The third kappa shape index (κ3) is 1.59. The van der Waals surface area contributed by atoms with Crippen molar-refractivity contribution in [3.8, 4) is 0 Å². The van der Waals surface area contributed by atoms with E-state index in [1.165, 1.54) is 0 Å². The summed E-state index contributed by atoms with van der Waals surface area (Å²) in [4.78, 5) is 0. The maximum atomic E-state index is 8.46.